The summed E-state index contributed by atoms with van der Waals surface area (Å²) in [6.45, 7) is 1.06. The lowest BCUT2D eigenvalue weighted by Crippen LogP contribution is -2.48. The molecule has 2 aromatic carbocycles. The van der Waals surface area contributed by atoms with Crippen molar-refractivity contribution in [3.05, 3.63) is 81.8 Å². The standard InChI is InChI=1S/C27H29FN2O5S/c1-33-15-14-29(27(32)19-7-9-20(34-2)10-8-19)17-26(31)30-13-11-25-21(12-16-36-25)23(30)18-35-24-6-4-3-5-22(24)28/h3-10,12,16,23H,11,13-15,17-18H2,1-2H3. The van der Waals surface area contributed by atoms with Crippen molar-refractivity contribution in [2.24, 2.45) is 0 Å². The van der Waals surface area contributed by atoms with Crippen molar-refractivity contribution in [2.45, 2.75) is 12.5 Å². The summed E-state index contributed by atoms with van der Waals surface area (Å²) >= 11 is 1.64. The van der Waals surface area contributed by atoms with E-state index < -0.39 is 5.82 Å². The van der Waals surface area contributed by atoms with E-state index in [0.29, 0.717) is 24.5 Å². The molecule has 0 aliphatic carbocycles. The molecular formula is C27H29FN2O5S. The number of rotatable bonds is 10. The zero-order valence-corrected chi connectivity index (χ0v) is 21.1. The molecule has 0 fully saturated rings. The van der Waals surface area contributed by atoms with E-state index in [1.807, 2.05) is 11.4 Å². The molecule has 0 spiro atoms. The van der Waals surface area contributed by atoms with E-state index in [2.05, 4.69) is 0 Å². The lowest BCUT2D eigenvalue weighted by Gasteiger charge is -2.37. The Morgan fingerprint density at radius 3 is 2.61 bits per heavy atom. The Morgan fingerprint density at radius 2 is 1.89 bits per heavy atom. The van der Waals surface area contributed by atoms with Crippen LogP contribution in [0.5, 0.6) is 11.5 Å². The van der Waals surface area contributed by atoms with Crippen LogP contribution in [0.4, 0.5) is 4.39 Å². The second-order valence-corrected chi connectivity index (χ2v) is 9.34. The Bertz CT molecular complexity index is 1180. The van der Waals surface area contributed by atoms with E-state index in [1.165, 1.54) is 15.8 Å². The highest BCUT2D eigenvalue weighted by atomic mass is 32.1. The molecule has 1 aliphatic heterocycles. The van der Waals surface area contributed by atoms with Crippen LogP contribution in [0.25, 0.3) is 0 Å². The maximum absolute atomic E-state index is 14.2. The molecule has 1 unspecified atom stereocenters. The summed E-state index contributed by atoms with van der Waals surface area (Å²) < 4.78 is 30.3. The van der Waals surface area contributed by atoms with Crippen LogP contribution in [0.1, 0.15) is 26.8 Å². The van der Waals surface area contributed by atoms with Crippen molar-refractivity contribution < 1.29 is 28.2 Å². The molecule has 1 aliphatic rings. The van der Waals surface area contributed by atoms with Gasteiger partial charge in [0.25, 0.3) is 5.91 Å². The second-order valence-electron chi connectivity index (χ2n) is 8.34. The summed E-state index contributed by atoms with van der Waals surface area (Å²) in [5.41, 5.74) is 1.46. The molecule has 1 atom stereocenters. The third-order valence-electron chi connectivity index (χ3n) is 6.16. The number of thiophene rings is 1. The Balaban J connectivity index is 1.52. The molecular weight excluding hydrogens is 483 g/mol. The largest absolute Gasteiger partial charge is 0.497 e. The molecule has 0 radical (unpaired) electrons. The Hall–Kier alpha value is -3.43. The number of hydrogen-bond acceptors (Lipinski definition) is 6. The Kier molecular flexibility index (Phi) is 8.56. The van der Waals surface area contributed by atoms with Gasteiger partial charge in [0.15, 0.2) is 11.6 Å². The normalized spacial score (nSPS) is 14.8. The first-order chi connectivity index (χ1) is 17.5. The molecule has 0 bridgehead atoms. The van der Waals surface area contributed by atoms with E-state index >= 15 is 0 Å². The van der Waals surface area contributed by atoms with Crippen molar-refractivity contribution in [1.82, 2.24) is 9.80 Å². The second kappa shape index (κ2) is 12.0. The molecule has 1 aromatic heterocycles. The number of methoxy groups -OCH3 is 2. The van der Waals surface area contributed by atoms with Crippen LogP contribution in [0, 0.1) is 5.82 Å². The van der Waals surface area contributed by atoms with Gasteiger partial charge in [-0.05, 0) is 59.8 Å². The van der Waals surface area contributed by atoms with Gasteiger partial charge in [0.2, 0.25) is 5.91 Å². The SMILES string of the molecule is COCCN(CC(=O)N1CCc2sccc2C1COc1ccccc1F)C(=O)c1ccc(OC)cc1. The fourth-order valence-electron chi connectivity index (χ4n) is 4.23. The van der Waals surface area contributed by atoms with Gasteiger partial charge < -0.3 is 24.0 Å². The van der Waals surface area contributed by atoms with Gasteiger partial charge in [-0.15, -0.1) is 11.3 Å². The zero-order chi connectivity index (χ0) is 25.5. The number of carbonyl (C=O) groups is 2. The van der Waals surface area contributed by atoms with Gasteiger partial charge >= 0.3 is 0 Å². The van der Waals surface area contributed by atoms with Crippen molar-refractivity contribution in [3.63, 3.8) is 0 Å². The van der Waals surface area contributed by atoms with Gasteiger partial charge in [-0.2, -0.15) is 0 Å². The molecule has 3 aromatic rings. The first-order valence-corrected chi connectivity index (χ1v) is 12.5. The fraction of sp³-hybridized carbons (Fsp3) is 0.333. The smallest absolute Gasteiger partial charge is 0.254 e. The Morgan fingerprint density at radius 1 is 1.11 bits per heavy atom. The summed E-state index contributed by atoms with van der Waals surface area (Å²) in [6.07, 6.45) is 0.722. The summed E-state index contributed by atoms with van der Waals surface area (Å²) in [4.78, 5) is 31.2. The van der Waals surface area contributed by atoms with Crippen molar-refractivity contribution in [1.29, 1.82) is 0 Å². The molecule has 36 heavy (non-hydrogen) atoms. The van der Waals surface area contributed by atoms with Crippen LogP contribution < -0.4 is 9.47 Å². The third-order valence-corrected chi connectivity index (χ3v) is 7.16. The van der Waals surface area contributed by atoms with E-state index in [4.69, 9.17) is 14.2 Å². The highest BCUT2D eigenvalue weighted by molar-refractivity contribution is 7.10. The van der Waals surface area contributed by atoms with Gasteiger partial charge in [-0.25, -0.2) is 4.39 Å². The minimum atomic E-state index is -0.451. The quantitative estimate of drug-likeness (QED) is 0.408. The lowest BCUT2D eigenvalue weighted by atomic mass is 10.0. The Labute approximate surface area is 214 Å². The number of halogens is 1. The van der Waals surface area contributed by atoms with Gasteiger partial charge in [0.05, 0.1) is 19.8 Å². The topological polar surface area (TPSA) is 68.3 Å². The molecule has 2 heterocycles. The predicted octanol–water partition coefficient (Wildman–Crippen LogP) is 4.19. The number of hydrogen-bond donors (Lipinski definition) is 0. The monoisotopic (exact) mass is 512 g/mol. The predicted molar refractivity (Wildman–Crippen MR) is 135 cm³/mol. The number of benzene rings is 2. The first kappa shape index (κ1) is 25.7. The molecule has 0 saturated carbocycles. The van der Waals surface area contributed by atoms with E-state index in [0.717, 1.165) is 12.0 Å². The van der Waals surface area contributed by atoms with Crippen LogP contribution in [0.15, 0.2) is 60.0 Å². The highest BCUT2D eigenvalue weighted by Crippen LogP contribution is 2.34. The van der Waals surface area contributed by atoms with Crippen LogP contribution in [0.2, 0.25) is 0 Å². The summed E-state index contributed by atoms with van der Waals surface area (Å²) in [6, 6.07) is 14.6. The molecule has 2 amide bonds. The van der Waals surface area contributed by atoms with Gasteiger partial charge in [-0.1, -0.05) is 12.1 Å². The van der Waals surface area contributed by atoms with Crippen LogP contribution in [-0.4, -0.2) is 68.7 Å². The average Bonchev–Trinajstić information content (AvgIpc) is 3.39. The molecule has 190 valence electrons. The summed E-state index contributed by atoms with van der Waals surface area (Å²) in [5.74, 6) is -0.137. The molecule has 0 N–H and O–H groups in total. The average molecular weight is 513 g/mol. The number of para-hydroxylation sites is 1. The lowest BCUT2D eigenvalue weighted by molar-refractivity contribution is -0.135. The first-order valence-electron chi connectivity index (χ1n) is 11.7. The third kappa shape index (κ3) is 5.85. The number of ether oxygens (including phenoxy) is 3. The van der Waals surface area contributed by atoms with Crippen LogP contribution >= 0.6 is 11.3 Å². The minimum Gasteiger partial charge on any atom is -0.497 e. The van der Waals surface area contributed by atoms with Crippen LogP contribution in [-0.2, 0) is 16.0 Å². The molecule has 9 heteroatoms. The minimum absolute atomic E-state index is 0.107. The van der Waals surface area contributed by atoms with E-state index in [9.17, 15) is 14.0 Å². The van der Waals surface area contributed by atoms with E-state index in [1.54, 1.807) is 72.9 Å². The summed E-state index contributed by atoms with van der Waals surface area (Å²) in [5, 5.41) is 1.99. The van der Waals surface area contributed by atoms with Gasteiger partial charge in [-0.3, -0.25) is 9.59 Å². The van der Waals surface area contributed by atoms with Crippen molar-refractivity contribution in [2.75, 3.05) is 47.1 Å². The van der Waals surface area contributed by atoms with Gasteiger partial charge in [0, 0.05) is 30.6 Å². The van der Waals surface area contributed by atoms with Gasteiger partial charge in [0.1, 0.15) is 18.9 Å². The number of amides is 2. The highest BCUT2D eigenvalue weighted by Gasteiger charge is 2.33. The zero-order valence-electron chi connectivity index (χ0n) is 20.3. The molecule has 7 nitrogen and oxygen atoms in total. The van der Waals surface area contributed by atoms with Crippen LogP contribution in [0.3, 0.4) is 0 Å². The summed E-state index contributed by atoms with van der Waals surface area (Å²) in [7, 11) is 3.11. The molecule has 0 saturated heterocycles. The van der Waals surface area contributed by atoms with Crippen molar-refractivity contribution >= 4 is 23.2 Å². The maximum atomic E-state index is 14.2. The number of nitrogens with zero attached hydrogens (tertiary/aromatic N) is 2. The number of carbonyl (C=O) groups excluding carboxylic acids is 2. The van der Waals surface area contributed by atoms with Crippen molar-refractivity contribution in [3.8, 4) is 11.5 Å². The van der Waals surface area contributed by atoms with E-state index in [-0.39, 0.29) is 43.3 Å². The molecule has 4 rings (SSSR count). The fourth-order valence-corrected chi connectivity index (χ4v) is 5.16. The maximum Gasteiger partial charge on any atom is 0.254 e. The number of fused-ring (bicyclic) bond motifs is 1.